The SMILES string of the molecule is Cc1ccc(OCc2cccc(F)c2)c(C=CC(=O)O)n1. The molecular formula is C16H14FNO3. The first-order valence-electron chi connectivity index (χ1n) is 6.30. The van der Waals surface area contributed by atoms with Gasteiger partial charge in [0, 0.05) is 11.8 Å². The number of ether oxygens (including phenoxy) is 1. The molecular weight excluding hydrogens is 273 g/mol. The molecule has 2 aromatic rings. The van der Waals surface area contributed by atoms with Crippen molar-refractivity contribution >= 4 is 12.0 Å². The van der Waals surface area contributed by atoms with Crippen molar-refractivity contribution in [3.05, 3.63) is 65.2 Å². The maximum Gasteiger partial charge on any atom is 0.328 e. The minimum absolute atomic E-state index is 0.177. The molecule has 0 saturated carbocycles. The van der Waals surface area contributed by atoms with Crippen LogP contribution in [0.4, 0.5) is 4.39 Å². The first-order chi connectivity index (χ1) is 10.0. The summed E-state index contributed by atoms with van der Waals surface area (Å²) in [5, 5.41) is 8.68. The van der Waals surface area contributed by atoms with E-state index in [4.69, 9.17) is 9.84 Å². The third-order valence-electron chi connectivity index (χ3n) is 2.69. The quantitative estimate of drug-likeness (QED) is 0.858. The molecule has 2 rings (SSSR count). The Bertz CT molecular complexity index is 683. The second kappa shape index (κ2) is 6.65. The average Bonchev–Trinajstić information content (AvgIpc) is 2.44. The Labute approximate surface area is 121 Å². The lowest BCUT2D eigenvalue weighted by molar-refractivity contribution is -0.131. The lowest BCUT2D eigenvalue weighted by atomic mass is 10.2. The van der Waals surface area contributed by atoms with Crippen LogP contribution >= 0.6 is 0 Å². The van der Waals surface area contributed by atoms with Crippen LogP contribution in [-0.2, 0) is 11.4 Å². The average molecular weight is 287 g/mol. The van der Waals surface area contributed by atoms with Gasteiger partial charge in [0.05, 0.1) is 0 Å². The molecule has 0 fully saturated rings. The zero-order valence-corrected chi connectivity index (χ0v) is 11.4. The summed E-state index contributed by atoms with van der Waals surface area (Å²) in [6.07, 6.45) is 2.37. The van der Waals surface area contributed by atoms with E-state index in [2.05, 4.69) is 4.98 Å². The maximum atomic E-state index is 13.1. The van der Waals surface area contributed by atoms with Gasteiger partial charge in [0.15, 0.2) is 0 Å². The Kier molecular flexibility index (Phi) is 4.66. The van der Waals surface area contributed by atoms with Crippen LogP contribution in [-0.4, -0.2) is 16.1 Å². The van der Waals surface area contributed by atoms with Crippen molar-refractivity contribution in [2.75, 3.05) is 0 Å². The fourth-order valence-corrected chi connectivity index (χ4v) is 1.74. The van der Waals surface area contributed by atoms with Gasteiger partial charge in [-0.2, -0.15) is 0 Å². The summed E-state index contributed by atoms with van der Waals surface area (Å²) >= 11 is 0. The van der Waals surface area contributed by atoms with Crippen LogP contribution in [0.15, 0.2) is 42.5 Å². The Hall–Kier alpha value is -2.69. The van der Waals surface area contributed by atoms with Crippen LogP contribution in [0.25, 0.3) is 6.08 Å². The lowest BCUT2D eigenvalue weighted by Gasteiger charge is -2.09. The monoisotopic (exact) mass is 287 g/mol. The molecule has 0 radical (unpaired) electrons. The van der Waals surface area contributed by atoms with Crippen molar-refractivity contribution in [3.8, 4) is 5.75 Å². The molecule has 0 aliphatic carbocycles. The Morgan fingerprint density at radius 2 is 2.19 bits per heavy atom. The predicted molar refractivity (Wildman–Crippen MR) is 76.4 cm³/mol. The molecule has 0 unspecified atom stereocenters. The number of aliphatic carboxylic acids is 1. The molecule has 0 aliphatic rings. The number of hydrogen-bond acceptors (Lipinski definition) is 3. The zero-order chi connectivity index (χ0) is 15.2. The van der Waals surface area contributed by atoms with Gasteiger partial charge in [0.1, 0.15) is 23.9 Å². The minimum Gasteiger partial charge on any atom is -0.487 e. The Morgan fingerprint density at radius 3 is 2.90 bits per heavy atom. The van der Waals surface area contributed by atoms with E-state index < -0.39 is 5.97 Å². The van der Waals surface area contributed by atoms with Gasteiger partial charge in [-0.15, -0.1) is 0 Å². The van der Waals surface area contributed by atoms with Gasteiger partial charge in [-0.05, 0) is 42.8 Å². The number of hydrogen-bond donors (Lipinski definition) is 1. The fraction of sp³-hybridized carbons (Fsp3) is 0.125. The smallest absolute Gasteiger partial charge is 0.328 e. The summed E-state index contributed by atoms with van der Waals surface area (Å²) in [7, 11) is 0. The number of benzene rings is 1. The van der Waals surface area contributed by atoms with Crippen molar-refractivity contribution in [2.45, 2.75) is 13.5 Å². The van der Waals surface area contributed by atoms with Gasteiger partial charge in [-0.3, -0.25) is 0 Å². The van der Waals surface area contributed by atoms with Crippen molar-refractivity contribution in [1.29, 1.82) is 0 Å². The number of carbonyl (C=O) groups is 1. The Morgan fingerprint density at radius 1 is 1.38 bits per heavy atom. The standard InChI is InChI=1S/C16H14FNO3/c1-11-5-7-15(14(18-11)6-8-16(19)20)21-10-12-3-2-4-13(17)9-12/h2-9H,10H2,1H3,(H,19,20). The van der Waals surface area contributed by atoms with E-state index in [-0.39, 0.29) is 12.4 Å². The van der Waals surface area contributed by atoms with Gasteiger partial charge in [0.25, 0.3) is 0 Å². The number of carboxylic acids is 1. The van der Waals surface area contributed by atoms with Gasteiger partial charge >= 0.3 is 5.97 Å². The highest BCUT2D eigenvalue weighted by atomic mass is 19.1. The summed E-state index contributed by atoms with van der Waals surface area (Å²) in [6, 6.07) is 9.57. The van der Waals surface area contributed by atoms with Crippen LogP contribution in [0, 0.1) is 12.7 Å². The molecule has 1 aromatic heterocycles. The highest BCUT2D eigenvalue weighted by Gasteiger charge is 2.05. The molecule has 0 saturated heterocycles. The van der Waals surface area contributed by atoms with Crippen LogP contribution in [0.1, 0.15) is 17.0 Å². The van der Waals surface area contributed by atoms with Crippen LogP contribution < -0.4 is 4.74 Å². The van der Waals surface area contributed by atoms with Crippen LogP contribution in [0.2, 0.25) is 0 Å². The normalized spacial score (nSPS) is 10.8. The van der Waals surface area contributed by atoms with E-state index in [1.54, 1.807) is 31.2 Å². The predicted octanol–water partition coefficient (Wildman–Crippen LogP) is 3.21. The molecule has 1 N–H and O–H groups in total. The van der Waals surface area contributed by atoms with Gasteiger partial charge in [-0.1, -0.05) is 12.1 Å². The van der Waals surface area contributed by atoms with Crippen LogP contribution in [0.5, 0.6) is 5.75 Å². The number of carboxylic acid groups (broad SMARTS) is 1. The molecule has 0 aliphatic heterocycles. The number of aromatic nitrogens is 1. The van der Waals surface area contributed by atoms with E-state index in [1.165, 1.54) is 18.2 Å². The highest BCUT2D eigenvalue weighted by Crippen LogP contribution is 2.20. The highest BCUT2D eigenvalue weighted by molar-refractivity contribution is 5.85. The van der Waals surface area contributed by atoms with E-state index in [0.29, 0.717) is 17.0 Å². The summed E-state index contributed by atoms with van der Waals surface area (Å²) in [6.45, 7) is 1.98. The molecule has 0 bridgehead atoms. The lowest BCUT2D eigenvalue weighted by Crippen LogP contribution is -2.00. The topological polar surface area (TPSA) is 59.4 Å². The molecule has 4 nitrogen and oxygen atoms in total. The number of halogens is 1. The minimum atomic E-state index is -1.06. The molecule has 1 aromatic carbocycles. The fourth-order valence-electron chi connectivity index (χ4n) is 1.74. The third kappa shape index (κ3) is 4.42. The van der Waals surface area contributed by atoms with Crippen molar-refractivity contribution in [2.24, 2.45) is 0 Å². The molecule has 5 heteroatoms. The number of nitrogens with zero attached hydrogens (tertiary/aromatic N) is 1. The molecule has 0 amide bonds. The number of aryl methyl sites for hydroxylation is 1. The van der Waals surface area contributed by atoms with Crippen molar-refractivity contribution in [3.63, 3.8) is 0 Å². The molecule has 21 heavy (non-hydrogen) atoms. The van der Waals surface area contributed by atoms with E-state index in [1.807, 2.05) is 0 Å². The van der Waals surface area contributed by atoms with E-state index in [9.17, 15) is 9.18 Å². The first kappa shape index (κ1) is 14.7. The van der Waals surface area contributed by atoms with Gasteiger partial charge < -0.3 is 9.84 Å². The first-order valence-corrected chi connectivity index (χ1v) is 6.30. The van der Waals surface area contributed by atoms with E-state index >= 15 is 0 Å². The second-order valence-electron chi connectivity index (χ2n) is 4.43. The van der Waals surface area contributed by atoms with E-state index in [0.717, 1.165) is 11.8 Å². The summed E-state index contributed by atoms with van der Waals surface area (Å²) in [4.78, 5) is 14.8. The number of pyridine rings is 1. The Balaban J connectivity index is 2.17. The van der Waals surface area contributed by atoms with Crippen LogP contribution in [0.3, 0.4) is 0 Å². The van der Waals surface area contributed by atoms with Crippen molar-refractivity contribution in [1.82, 2.24) is 4.98 Å². The third-order valence-corrected chi connectivity index (χ3v) is 2.69. The summed E-state index contributed by atoms with van der Waals surface area (Å²) < 4.78 is 18.7. The zero-order valence-electron chi connectivity index (χ0n) is 11.4. The number of rotatable bonds is 5. The van der Waals surface area contributed by atoms with Gasteiger partial charge in [-0.25, -0.2) is 14.2 Å². The second-order valence-corrected chi connectivity index (χ2v) is 4.43. The summed E-state index contributed by atoms with van der Waals surface area (Å²) in [5.41, 5.74) is 1.86. The van der Waals surface area contributed by atoms with Gasteiger partial charge in [0.2, 0.25) is 0 Å². The molecule has 0 spiro atoms. The molecule has 1 heterocycles. The molecule has 0 atom stereocenters. The largest absolute Gasteiger partial charge is 0.487 e. The van der Waals surface area contributed by atoms with Crippen molar-refractivity contribution < 1.29 is 19.0 Å². The molecule has 108 valence electrons. The maximum absolute atomic E-state index is 13.1. The summed E-state index contributed by atoms with van der Waals surface area (Å²) in [5.74, 6) is -0.944.